The Balaban J connectivity index is 1.59. The topological polar surface area (TPSA) is 49.9 Å². The molecule has 1 aromatic rings. The van der Waals surface area contributed by atoms with E-state index in [4.69, 9.17) is 16.3 Å². The van der Waals surface area contributed by atoms with Crippen LogP contribution in [0.5, 0.6) is 0 Å². The van der Waals surface area contributed by atoms with E-state index in [0.29, 0.717) is 5.15 Å². The Morgan fingerprint density at radius 3 is 3.05 bits per heavy atom. The first-order chi connectivity index (χ1) is 9.29. The number of ether oxygens (including phenoxy) is 1. The lowest BCUT2D eigenvalue weighted by molar-refractivity contribution is 0.126. The van der Waals surface area contributed by atoms with Crippen LogP contribution >= 0.6 is 11.6 Å². The highest BCUT2D eigenvalue weighted by molar-refractivity contribution is 6.30. The fourth-order valence-electron chi connectivity index (χ4n) is 1.91. The molecular weight excluding hydrogens is 262 g/mol. The zero-order chi connectivity index (χ0) is 13.5. The molecule has 0 spiro atoms. The van der Waals surface area contributed by atoms with Crippen LogP contribution in [0.3, 0.4) is 0 Å². The zero-order valence-electron chi connectivity index (χ0n) is 11.7. The van der Waals surface area contributed by atoms with Crippen LogP contribution in [0.2, 0.25) is 5.15 Å². The van der Waals surface area contributed by atoms with Gasteiger partial charge in [-0.1, -0.05) is 24.9 Å². The van der Waals surface area contributed by atoms with E-state index >= 15 is 0 Å². The molecule has 0 atom stereocenters. The summed E-state index contributed by atoms with van der Waals surface area (Å²) in [6.45, 7) is 5.45. The highest BCUT2D eigenvalue weighted by atomic mass is 35.5. The number of rotatable bonds is 10. The Labute approximate surface area is 120 Å². The van der Waals surface area contributed by atoms with Crippen LogP contribution in [0.4, 0.5) is 0 Å². The molecule has 108 valence electrons. The minimum atomic E-state index is 0.595. The maximum absolute atomic E-state index is 6.10. The van der Waals surface area contributed by atoms with Gasteiger partial charge in [-0.2, -0.15) is 0 Å². The van der Waals surface area contributed by atoms with Crippen LogP contribution in [-0.4, -0.2) is 29.7 Å². The van der Waals surface area contributed by atoms with Crippen LogP contribution in [-0.2, 0) is 17.7 Å². The van der Waals surface area contributed by atoms with E-state index in [1.54, 1.807) is 0 Å². The number of imidazole rings is 1. The van der Waals surface area contributed by atoms with Gasteiger partial charge in [0.1, 0.15) is 5.82 Å². The summed E-state index contributed by atoms with van der Waals surface area (Å²) in [5, 5.41) is 3.92. The molecule has 1 aliphatic rings. The van der Waals surface area contributed by atoms with Crippen LogP contribution in [0.25, 0.3) is 0 Å². The van der Waals surface area contributed by atoms with Crippen LogP contribution in [0.15, 0.2) is 0 Å². The van der Waals surface area contributed by atoms with E-state index in [9.17, 15) is 0 Å². The van der Waals surface area contributed by atoms with Crippen molar-refractivity contribution < 1.29 is 4.74 Å². The molecule has 2 N–H and O–H groups in total. The lowest BCUT2D eigenvalue weighted by atomic mass is 10.2. The van der Waals surface area contributed by atoms with Gasteiger partial charge in [0.25, 0.3) is 0 Å². The van der Waals surface area contributed by atoms with Gasteiger partial charge in [0.05, 0.1) is 12.3 Å². The van der Waals surface area contributed by atoms with Gasteiger partial charge in [0.15, 0.2) is 5.15 Å². The van der Waals surface area contributed by atoms with Crippen LogP contribution < -0.4 is 5.32 Å². The van der Waals surface area contributed by atoms with E-state index in [0.717, 1.165) is 56.6 Å². The van der Waals surface area contributed by atoms with Crippen LogP contribution in [0, 0.1) is 5.92 Å². The smallest absolute Gasteiger partial charge is 0.151 e. The molecule has 19 heavy (non-hydrogen) atoms. The van der Waals surface area contributed by atoms with Crippen molar-refractivity contribution in [1.82, 2.24) is 15.3 Å². The Bertz CT molecular complexity index is 377. The fourth-order valence-corrected chi connectivity index (χ4v) is 2.13. The predicted octanol–water partition coefficient (Wildman–Crippen LogP) is 2.92. The number of unbranched alkanes of at least 4 members (excludes halogenated alkanes) is 1. The number of aromatic nitrogens is 2. The van der Waals surface area contributed by atoms with Crippen molar-refractivity contribution in [1.29, 1.82) is 0 Å². The lowest BCUT2D eigenvalue weighted by Crippen LogP contribution is -2.20. The van der Waals surface area contributed by atoms with Crippen molar-refractivity contribution in [3.05, 3.63) is 16.7 Å². The summed E-state index contributed by atoms with van der Waals surface area (Å²) in [5.74, 6) is 1.83. The molecule has 0 saturated heterocycles. The number of nitrogens with zero attached hydrogens (tertiary/aromatic N) is 1. The molecule has 4 nitrogen and oxygen atoms in total. The summed E-state index contributed by atoms with van der Waals surface area (Å²) in [6, 6.07) is 0. The lowest BCUT2D eigenvalue weighted by Gasteiger charge is -2.04. The summed E-state index contributed by atoms with van der Waals surface area (Å²) in [4.78, 5) is 7.62. The third-order valence-electron chi connectivity index (χ3n) is 3.32. The van der Waals surface area contributed by atoms with Gasteiger partial charge in [-0.3, -0.25) is 0 Å². The van der Waals surface area contributed by atoms with Crippen molar-refractivity contribution >= 4 is 11.6 Å². The van der Waals surface area contributed by atoms with E-state index in [2.05, 4.69) is 22.2 Å². The van der Waals surface area contributed by atoms with Gasteiger partial charge < -0.3 is 15.0 Å². The Morgan fingerprint density at radius 1 is 1.47 bits per heavy atom. The molecular formula is C14H24ClN3O. The number of H-pyrrole nitrogens is 1. The number of halogens is 1. The van der Waals surface area contributed by atoms with Gasteiger partial charge >= 0.3 is 0 Å². The first-order valence-corrected chi connectivity index (χ1v) is 7.69. The summed E-state index contributed by atoms with van der Waals surface area (Å²) in [7, 11) is 0. The molecule has 0 aliphatic heterocycles. The monoisotopic (exact) mass is 285 g/mol. The minimum Gasteiger partial charge on any atom is -0.380 e. The SMILES string of the molecule is CCCCc1nc(Cl)c(CNCCOCC2CC2)[nH]1. The summed E-state index contributed by atoms with van der Waals surface area (Å²) >= 11 is 6.10. The second-order valence-corrected chi connectivity index (χ2v) is 5.61. The zero-order valence-corrected chi connectivity index (χ0v) is 12.4. The normalized spacial score (nSPS) is 15.1. The average molecular weight is 286 g/mol. The molecule has 0 unspecified atom stereocenters. The first-order valence-electron chi connectivity index (χ1n) is 7.31. The number of hydrogen-bond donors (Lipinski definition) is 2. The molecule has 0 amide bonds. The predicted molar refractivity (Wildman–Crippen MR) is 77.5 cm³/mol. The van der Waals surface area contributed by atoms with Gasteiger partial charge in [-0.25, -0.2) is 4.98 Å². The third-order valence-corrected chi connectivity index (χ3v) is 3.63. The minimum absolute atomic E-state index is 0.595. The van der Waals surface area contributed by atoms with Crippen molar-refractivity contribution in [2.24, 2.45) is 5.92 Å². The Kier molecular flexibility index (Phi) is 6.14. The van der Waals surface area contributed by atoms with E-state index in [-0.39, 0.29) is 0 Å². The number of nitrogens with one attached hydrogen (secondary N) is 2. The molecule has 2 rings (SSSR count). The molecule has 1 aromatic heterocycles. The Hall–Kier alpha value is -0.580. The standard InChI is InChI=1S/C14H24ClN3O/c1-2-3-4-13-17-12(14(15)18-13)9-16-7-8-19-10-11-5-6-11/h11,16H,2-10H2,1H3,(H,17,18). The second kappa shape index (κ2) is 7.88. The van der Waals surface area contributed by atoms with Crippen molar-refractivity contribution in [3.8, 4) is 0 Å². The molecule has 1 heterocycles. The fraction of sp³-hybridized carbons (Fsp3) is 0.786. The highest BCUT2D eigenvalue weighted by Crippen LogP contribution is 2.28. The van der Waals surface area contributed by atoms with Gasteiger partial charge in [-0.05, 0) is 25.2 Å². The maximum Gasteiger partial charge on any atom is 0.151 e. The molecule has 1 fully saturated rings. The van der Waals surface area contributed by atoms with Gasteiger partial charge in [-0.15, -0.1) is 0 Å². The highest BCUT2D eigenvalue weighted by Gasteiger charge is 2.20. The quantitative estimate of drug-likeness (QED) is 0.650. The van der Waals surface area contributed by atoms with Crippen molar-refractivity contribution in [3.63, 3.8) is 0 Å². The first kappa shape index (κ1) is 14.8. The van der Waals surface area contributed by atoms with Crippen LogP contribution in [0.1, 0.15) is 44.1 Å². The number of aryl methyl sites for hydroxylation is 1. The van der Waals surface area contributed by atoms with Gasteiger partial charge in [0, 0.05) is 26.1 Å². The molecule has 1 saturated carbocycles. The van der Waals surface area contributed by atoms with E-state index in [1.165, 1.54) is 19.3 Å². The van der Waals surface area contributed by atoms with Crippen molar-refractivity contribution in [2.75, 3.05) is 19.8 Å². The molecule has 0 aromatic carbocycles. The molecule has 5 heteroatoms. The average Bonchev–Trinajstić information content (AvgIpc) is 3.16. The van der Waals surface area contributed by atoms with Crippen molar-refractivity contribution in [2.45, 2.75) is 45.6 Å². The molecule has 1 aliphatic carbocycles. The van der Waals surface area contributed by atoms with E-state index in [1.807, 2.05) is 0 Å². The number of aromatic amines is 1. The van der Waals surface area contributed by atoms with E-state index < -0.39 is 0 Å². The maximum atomic E-state index is 6.10. The van der Waals surface area contributed by atoms with Gasteiger partial charge in [0.2, 0.25) is 0 Å². The Morgan fingerprint density at radius 2 is 2.32 bits per heavy atom. The third kappa shape index (κ3) is 5.51. The summed E-state index contributed by atoms with van der Waals surface area (Å²) < 4.78 is 5.56. The second-order valence-electron chi connectivity index (χ2n) is 5.25. The molecule has 0 bridgehead atoms. The summed E-state index contributed by atoms with van der Waals surface area (Å²) in [6.07, 6.45) is 5.98. The molecule has 0 radical (unpaired) electrons. The largest absolute Gasteiger partial charge is 0.380 e. The number of hydrogen-bond acceptors (Lipinski definition) is 3. The summed E-state index contributed by atoms with van der Waals surface area (Å²) in [5.41, 5.74) is 0.981.